The lowest BCUT2D eigenvalue weighted by Gasteiger charge is -2.20. The zero-order chi connectivity index (χ0) is 47.9. The van der Waals surface area contributed by atoms with Crippen LogP contribution in [0.25, 0.3) is 0 Å². The van der Waals surface area contributed by atoms with E-state index in [1.54, 1.807) is 0 Å². The monoisotopic (exact) mass is 928 g/mol. The molecule has 0 bridgehead atoms. The van der Waals surface area contributed by atoms with Crippen LogP contribution in [0.3, 0.4) is 0 Å². The zero-order valence-electron chi connectivity index (χ0n) is 43.0. The third-order valence-corrected chi connectivity index (χ3v) is 12.0. The Morgan fingerprint density at radius 1 is 0.415 bits per heavy atom. The molecule has 0 radical (unpaired) electrons. The van der Waals surface area contributed by atoms with Gasteiger partial charge in [-0.3, -0.25) is 14.4 Å². The van der Waals surface area contributed by atoms with Gasteiger partial charge in [-0.05, 0) is 64.5 Å². The van der Waals surface area contributed by atoms with E-state index in [0.717, 1.165) is 90.3 Å². The lowest BCUT2D eigenvalue weighted by molar-refractivity contribution is -0.161. The number of carbonyl (C=O) groups excluding carboxylic acids is 4. The third-order valence-electron chi connectivity index (χ3n) is 12.0. The number of ether oxygens (including phenoxy) is 7. The summed E-state index contributed by atoms with van der Waals surface area (Å²) in [6, 6.07) is 0. The van der Waals surface area contributed by atoms with Gasteiger partial charge in [0.25, 0.3) is 0 Å². The molecule has 2 unspecified atom stereocenters. The van der Waals surface area contributed by atoms with Gasteiger partial charge in [-0.1, -0.05) is 164 Å². The molecule has 0 amide bonds. The predicted molar refractivity (Wildman–Crippen MR) is 262 cm³/mol. The van der Waals surface area contributed by atoms with Crippen molar-refractivity contribution in [3.63, 3.8) is 0 Å². The summed E-state index contributed by atoms with van der Waals surface area (Å²) in [4.78, 5) is 52.9. The minimum atomic E-state index is -0.804. The Morgan fingerprint density at radius 3 is 1.37 bits per heavy atom. The molecule has 12 heteroatoms. The van der Waals surface area contributed by atoms with Crippen LogP contribution in [-0.2, 0) is 47.5 Å². The van der Waals surface area contributed by atoms with Crippen molar-refractivity contribution < 1.29 is 52.3 Å². The van der Waals surface area contributed by atoms with Gasteiger partial charge < -0.3 is 38.1 Å². The van der Waals surface area contributed by atoms with Crippen LogP contribution >= 0.6 is 0 Å². The van der Waals surface area contributed by atoms with Gasteiger partial charge in [0.1, 0.15) is 25.9 Å². The molecule has 0 aliphatic rings. The van der Waals surface area contributed by atoms with Crippen LogP contribution in [0.2, 0.25) is 0 Å². The van der Waals surface area contributed by atoms with E-state index >= 15 is 0 Å². The first-order valence-corrected chi connectivity index (χ1v) is 27.0. The van der Waals surface area contributed by atoms with E-state index in [1.165, 1.54) is 89.9 Å². The Hall–Kier alpha value is -2.44. The van der Waals surface area contributed by atoms with E-state index in [9.17, 15) is 19.2 Å². The van der Waals surface area contributed by atoms with Crippen molar-refractivity contribution in [2.75, 3.05) is 59.3 Å². The fraction of sp³-hybridized carbons (Fsp3) is 0.925. The van der Waals surface area contributed by atoms with Gasteiger partial charge in [0, 0.05) is 39.0 Å². The minimum absolute atomic E-state index is 0.0144. The fourth-order valence-corrected chi connectivity index (χ4v) is 7.56. The number of rotatable bonds is 49. The van der Waals surface area contributed by atoms with E-state index in [1.807, 2.05) is 0 Å². The number of hydrogen-bond acceptors (Lipinski definition) is 12. The first kappa shape index (κ1) is 62.6. The van der Waals surface area contributed by atoms with Crippen molar-refractivity contribution in [3.05, 3.63) is 0 Å². The van der Waals surface area contributed by atoms with Crippen molar-refractivity contribution in [3.8, 4) is 0 Å². The maximum Gasteiger partial charge on any atom is 0.508 e. The van der Waals surface area contributed by atoms with Crippen molar-refractivity contribution in [1.29, 1.82) is 0 Å². The molecule has 0 heterocycles. The Bertz CT molecular complexity index is 1070. The summed E-state index contributed by atoms with van der Waals surface area (Å²) in [7, 11) is 0. The number of hydrogen-bond donors (Lipinski definition) is 0. The lowest BCUT2D eigenvalue weighted by Crippen LogP contribution is -2.28. The van der Waals surface area contributed by atoms with E-state index in [-0.39, 0.29) is 57.3 Å². The molecule has 0 aliphatic carbocycles. The van der Waals surface area contributed by atoms with E-state index < -0.39 is 24.3 Å². The minimum Gasteiger partial charge on any atom is -0.465 e. The first-order chi connectivity index (χ1) is 31.7. The largest absolute Gasteiger partial charge is 0.508 e. The van der Waals surface area contributed by atoms with Gasteiger partial charge in [0.15, 0.2) is 6.29 Å². The Labute approximate surface area is 398 Å². The molecule has 0 aromatic carbocycles. The quantitative estimate of drug-likeness (QED) is 0.0249. The topological polar surface area (TPSA) is 136 Å². The number of esters is 3. The number of nitrogens with zero attached hydrogens (tertiary/aromatic N) is 1. The summed E-state index contributed by atoms with van der Waals surface area (Å²) in [5, 5.41) is 0. The predicted octanol–water partition coefficient (Wildman–Crippen LogP) is 13.6. The van der Waals surface area contributed by atoms with Gasteiger partial charge in [0.05, 0.1) is 18.9 Å². The van der Waals surface area contributed by atoms with E-state index in [0.29, 0.717) is 38.9 Å². The molecule has 0 aromatic rings. The molecule has 0 rings (SSSR count). The molecule has 0 aromatic heterocycles. The van der Waals surface area contributed by atoms with Gasteiger partial charge in [-0.25, -0.2) is 4.79 Å². The fourth-order valence-electron chi connectivity index (χ4n) is 7.56. The summed E-state index contributed by atoms with van der Waals surface area (Å²) >= 11 is 0. The molecule has 0 fully saturated rings. The van der Waals surface area contributed by atoms with E-state index in [4.69, 9.17) is 33.2 Å². The Balaban J connectivity index is 4.87. The highest BCUT2D eigenvalue weighted by atomic mass is 16.7. The van der Waals surface area contributed by atoms with Crippen molar-refractivity contribution in [2.24, 2.45) is 5.92 Å². The Kier molecular flexibility index (Phi) is 46.2. The van der Waals surface area contributed by atoms with Crippen LogP contribution in [-0.4, -0.2) is 101 Å². The van der Waals surface area contributed by atoms with Crippen molar-refractivity contribution in [2.45, 2.75) is 253 Å². The van der Waals surface area contributed by atoms with Crippen LogP contribution in [0.1, 0.15) is 241 Å². The summed E-state index contributed by atoms with van der Waals surface area (Å²) < 4.78 is 39.8. The second kappa shape index (κ2) is 48.0. The van der Waals surface area contributed by atoms with Gasteiger partial charge in [-0.2, -0.15) is 0 Å². The van der Waals surface area contributed by atoms with E-state index in [2.05, 4.69) is 46.4 Å². The van der Waals surface area contributed by atoms with Crippen LogP contribution in [0.5, 0.6) is 0 Å². The highest BCUT2D eigenvalue weighted by molar-refractivity contribution is 5.70. The highest BCUT2D eigenvalue weighted by Crippen LogP contribution is 2.17. The molecular weight excluding hydrogens is 827 g/mol. The van der Waals surface area contributed by atoms with Crippen molar-refractivity contribution in [1.82, 2.24) is 4.90 Å². The van der Waals surface area contributed by atoms with Gasteiger partial charge >= 0.3 is 24.1 Å². The third kappa shape index (κ3) is 42.6. The second-order valence-corrected chi connectivity index (χ2v) is 18.0. The van der Waals surface area contributed by atoms with Crippen LogP contribution in [0.4, 0.5) is 4.79 Å². The van der Waals surface area contributed by atoms with Crippen LogP contribution in [0.15, 0.2) is 0 Å². The first-order valence-electron chi connectivity index (χ1n) is 27.0. The molecule has 12 nitrogen and oxygen atoms in total. The standard InChI is InChI=1S/C53H101NO11/c1-7-13-16-19-22-24-29-35-48(10-4)65-51(57)37-31-26-23-25-30-36-49(55)62-44-47(46-64-53(58)61-43-34-40-54(11-5)12-6)45-63-50(56)38-39-52(59-41-32-27-20-17-14-8-2)60-42-33-28-21-18-15-9-3/h47-48,52H,7-46H2,1-6H3. The summed E-state index contributed by atoms with van der Waals surface area (Å²) in [6.07, 6.45) is 29.2. The number of carbonyl (C=O) groups is 4. The average molecular weight is 928 g/mol. The maximum absolute atomic E-state index is 13.0. The molecular formula is C53H101NO11. The number of unbranched alkanes of at least 4 members (excludes halogenated alkanes) is 20. The molecule has 0 spiro atoms. The molecule has 384 valence electrons. The van der Waals surface area contributed by atoms with Gasteiger partial charge in [-0.15, -0.1) is 0 Å². The molecule has 0 aliphatic heterocycles. The maximum atomic E-state index is 13.0. The van der Waals surface area contributed by atoms with Crippen molar-refractivity contribution >= 4 is 24.1 Å². The molecule has 0 saturated heterocycles. The highest BCUT2D eigenvalue weighted by Gasteiger charge is 2.20. The molecule has 2 atom stereocenters. The molecule has 0 N–H and O–H groups in total. The molecule has 0 saturated carbocycles. The second-order valence-electron chi connectivity index (χ2n) is 18.0. The smallest absolute Gasteiger partial charge is 0.465 e. The summed E-state index contributed by atoms with van der Waals surface area (Å²) in [5.41, 5.74) is 0. The van der Waals surface area contributed by atoms with Crippen LogP contribution < -0.4 is 0 Å². The average Bonchev–Trinajstić information content (AvgIpc) is 3.30. The van der Waals surface area contributed by atoms with Gasteiger partial charge in [0.2, 0.25) is 0 Å². The summed E-state index contributed by atoms with van der Waals surface area (Å²) in [5.74, 6) is -1.44. The SMILES string of the molecule is CCCCCCCCCC(CC)OC(=O)CCCCCCCC(=O)OCC(COC(=O)CCC(OCCCCCCCC)OCCCCCCCC)COC(=O)OCCCN(CC)CC. The molecule has 65 heavy (non-hydrogen) atoms. The Morgan fingerprint density at radius 2 is 0.862 bits per heavy atom. The van der Waals surface area contributed by atoms with Crippen LogP contribution in [0, 0.1) is 5.92 Å². The summed E-state index contributed by atoms with van der Waals surface area (Å²) in [6.45, 7) is 16.7. The zero-order valence-corrected chi connectivity index (χ0v) is 43.0. The lowest BCUT2D eigenvalue weighted by atomic mass is 10.1. The normalized spacial score (nSPS) is 12.4.